The van der Waals surface area contributed by atoms with Gasteiger partial charge in [0.25, 0.3) is 0 Å². The lowest BCUT2D eigenvalue weighted by atomic mass is 9.97. The largest absolute Gasteiger partial charge is 0.508 e. The second-order valence-electron chi connectivity index (χ2n) is 4.66. The van der Waals surface area contributed by atoms with Crippen molar-refractivity contribution in [2.75, 3.05) is 0 Å². The third kappa shape index (κ3) is 2.35. The van der Waals surface area contributed by atoms with E-state index in [4.69, 9.17) is 9.84 Å². The summed E-state index contributed by atoms with van der Waals surface area (Å²) < 4.78 is 5.52. The lowest BCUT2D eigenvalue weighted by Gasteiger charge is -2.10. The van der Waals surface area contributed by atoms with E-state index in [1.807, 2.05) is 13.0 Å². The van der Waals surface area contributed by atoms with Crippen LogP contribution in [0.4, 0.5) is 0 Å². The molecular formula is C13H16O4. The van der Waals surface area contributed by atoms with Crippen LogP contribution in [0, 0.1) is 5.92 Å². The average molecular weight is 236 g/mol. The Kier molecular flexibility index (Phi) is 2.96. The van der Waals surface area contributed by atoms with Crippen molar-refractivity contribution in [3.05, 3.63) is 23.3 Å². The molecule has 2 rings (SSSR count). The van der Waals surface area contributed by atoms with Gasteiger partial charge in [0.15, 0.2) is 0 Å². The molecule has 1 heterocycles. The number of carbonyl (C=O) groups is 1. The van der Waals surface area contributed by atoms with E-state index in [0.717, 1.165) is 12.0 Å². The Morgan fingerprint density at radius 2 is 2.29 bits per heavy atom. The van der Waals surface area contributed by atoms with Gasteiger partial charge in [-0.2, -0.15) is 0 Å². The number of aliphatic carboxylic acids is 1. The normalized spacial score (nSPS) is 19.5. The standard InChI is InChI=1S/C13H16O4/c1-7(13(15)16)3-9-5-10-4-8(2)17-12(10)6-11(9)14/h5-8,14H,3-4H2,1-2H3,(H,15,16). The summed E-state index contributed by atoms with van der Waals surface area (Å²) >= 11 is 0. The molecule has 1 aliphatic heterocycles. The summed E-state index contributed by atoms with van der Waals surface area (Å²) in [6.45, 7) is 3.60. The molecule has 0 aromatic heterocycles. The van der Waals surface area contributed by atoms with E-state index < -0.39 is 11.9 Å². The predicted molar refractivity (Wildman–Crippen MR) is 62.4 cm³/mol. The monoisotopic (exact) mass is 236 g/mol. The van der Waals surface area contributed by atoms with Crippen LogP contribution in [0.2, 0.25) is 0 Å². The molecule has 0 amide bonds. The number of ether oxygens (including phenoxy) is 1. The Labute approximate surface area is 99.8 Å². The second kappa shape index (κ2) is 4.28. The molecule has 0 radical (unpaired) electrons. The maximum Gasteiger partial charge on any atom is 0.306 e. The van der Waals surface area contributed by atoms with Crippen molar-refractivity contribution in [1.82, 2.24) is 0 Å². The number of benzene rings is 1. The molecule has 17 heavy (non-hydrogen) atoms. The van der Waals surface area contributed by atoms with Crippen molar-refractivity contribution in [1.29, 1.82) is 0 Å². The minimum atomic E-state index is -0.852. The molecule has 0 bridgehead atoms. The number of fused-ring (bicyclic) bond motifs is 1. The van der Waals surface area contributed by atoms with Crippen LogP contribution in [0.3, 0.4) is 0 Å². The first-order valence-electron chi connectivity index (χ1n) is 5.71. The van der Waals surface area contributed by atoms with Crippen LogP contribution in [0.1, 0.15) is 25.0 Å². The predicted octanol–water partition coefficient (Wildman–Crippen LogP) is 1.98. The van der Waals surface area contributed by atoms with Gasteiger partial charge >= 0.3 is 5.97 Å². The van der Waals surface area contributed by atoms with Crippen molar-refractivity contribution in [2.45, 2.75) is 32.8 Å². The number of phenolic OH excluding ortho intramolecular Hbond substituents is 1. The third-order valence-electron chi connectivity index (χ3n) is 3.04. The zero-order valence-electron chi connectivity index (χ0n) is 9.93. The average Bonchev–Trinajstić information content (AvgIpc) is 2.57. The maximum absolute atomic E-state index is 10.8. The van der Waals surface area contributed by atoms with E-state index in [0.29, 0.717) is 17.7 Å². The first-order chi connectivity index (χ1) is 7.97. The molecule has 92 valence electrons. The van der Waals surface area contributed by atoms with Gasteiger partial charge in [0.2, 0.25) is 0 Å². The summed E-state index contributed by atoms with van der Waals surface area (Å²) in [6, 6.07) is 3.44. The minimum absolute atomic E-state index is 0.117. The molecular weight excluding hydrogens is 220 g/mol. The maximum atomic E-state index is 10.8. The van der Waals surface area contributed by atoms with Gasteiger partial charge in [0.1, 0.15) is 17.6 Å². The minimum Gasteiger partial charge on any atom is -0.508 e. The number of aromatic hydroxyl groups is 1. The first-order valence-corrected chi connectivity index (χ1v) is 5.71. The molecule has 1 aliphatic rings. The van der Waals surface area contributed by atoms with Crippen LogP contribution in [0.15, 0.2) is 12.1 Å². The number of hydrogen-bond donors (Lipinski definition) is 2. The molecule has 4 nitrogen and oxygen atoms in total. The van der Waals surface area contributed by atoms with E-state index in [1.54, 1.807) is 13.0 Å². The fourth-order valence-electron chi connectivity index (χ4n) is 2.08. The molecule has 4 heteroatoms. The Morgan fingerprint density at radius 3 is 2.94 bits per heavy atom. The molecule has 0 saturated carbocycles. The lowest BCUT2D eigenvalue weighted by Crippen LogP contribution is -2.12. The van der Waals surface area contributed by atoms with Gasteiger partial charge in [-0.25, -0.2) is 0 Å². The molecule has 1 aromatic carbocycles. The molecule has 2 unspecified atom stereocenters. The van der Waals surface area contributed by atoms with Crippen LogP contribution in [0.5, 0.6) is 11.5 Å². The molecule has 1 aromatic rings. The number of phenols is 1. The molecule has 2 atom stereocenters. The second-order valence-corrected chi connectivity index (χ2v) is 4.66. The highest BCUT2D eigenvalue weighted by atomic mass is 16.5. The zero-order valence-corrected chi connectivity index (χ0v) is 9.93. The van der Waals surface area contributed by atoms with E-state index >= 15 is 0 Å². The summed E-state index contributed by atoms with van der Waals surface area (Å²) in [6.07, 6.45) is 1.27. The lowest BCUT2D eigenvalue weighted by molar-refractivity contribution is -0.141. The summed E-state index contributed by atoms with van der Waals surface area (Å²) in [4.78, 5) is 10.8. The van der Waals surface area contributed by atoms with Gasteiger partial charge in [-0.3, -0.25) is 4.79 Å². The third-order valence-corrected chi connectivity index (χ3v) is 3.04. The molecule has 0 saturated heterocycles. The van der Waals surface area contributed by atoms with Crippen molar-refractivity contribution in [2.24, 2.45) is 5.92 Å². The van der Waals surface area contributed by atoms with Crippen molar-refractivity contribution >= 4 is 5.97 Å². The fraction of sp³-hybridized carbons (Fsp3) is 0.462. The first kappa shape index (κ1) is 11.8. The highest BCUT2D eigenvalue weighted by Gasteiger charge is 2.22. The number of rotatable bonds is 3. The van der Waals surface area contributed by atoms with Crippen LogP contribution in [-0.2, 0) is 17.6 Å². The summed E-state index contributed by atoms with van der Waals surface area (Å²) in [5, 5.41) is 18.7. The number of hydrogen-bond acceptors (Lipinski definition) is 3. The van der Waals surface area contributed by atoms with E-state index in [-0.39, 0.29) is 11.9 Å². The van der Waals surface area contributed by atoms with Gasteiger partial charge in [0, 0.05) is 12.5 Å². The van der Waals surface area contributed by atoms with Gasteiger partial charge < -0.3 is 14.9 Å². The molecule has 0 spiro atoms. The summed E-state index contributed by atoms with van der Waals surface area (Å²) in [7, 11) is 0. The van der Waals surface area contributed by atoms with Crippen LogP contribution >= 0.6 is 0 Å². The van der Waals surface area contributed by atoms with Crippen LogP contribution < -0.4 is 4.74 Å². The number of carboxylic acid groups (broad SMARTS) is 1. The van der Waals surface area contributed by atoms with E-state index in [2.05, 4.69) is 0 Å². The topological polar surface area (TPSA) is 66.8 Å². The Bertz CT molecular complexity index is 453. The Hall–Kier alpha value is -1.71. The highest BCUT2D eigenvalue weighted by Crippen LogP contribution is 2.35. The van der Waals surface area contributed by atoms with Gasteiger partial charge in [0.05, 0.1) is 5.92 Å². The van der Waals surface area contributed by atoms with Gasteiger partial charge in [-0.05, 0) is 30.5 Å². The summed E-state index contributed by atoms with van der Waals surface area (Å²) in [5.74, 6) is -0.527. The van der Waals surface area contributed by atoms with E-state index in [9.17, 15) is 9.90 Å². The number of carboxylic acids is 1. The van der Waals surface area contributed by atoms with Crippen LogP contribution in [0.25, 0.3) is 0 Å². The van der Waals surface area contributed by atoms with Gasteiger partial charge in [-0.15, -0.1) is 0 Å². The van der Waals surface area contributed by atoms with Gasteiger partial charge in [-0.1, -0.05) is 6.92 Å². The molecule has 0 aliphatic carbocycles. The molecule has 2 N–H and O–H groups in total. The summed E-state index contributed by atoms with van der Waals surface area (Å²) in [5.41, 5.74) is 1.72. The zero-order chi connectivity index (χ0) is 12.6. The van der Waals surface area contributed by atoms with E-state index in [1.165, 1.54) is 0 Å². The van der Waals surface area contributed by atoms with Crippen LogP contribution in [-0.4, -0.2) is 22.3 Å². The molecule has 0 fully saturated rings. The SMILES string of the molecule is CC1Cc2cc(CC(C)C(=O)O)c(O)cc2O1. The van der Waals surface area contributed by atoms with Crippen molar-refractivity contribution in [3.8, 4) is 11.5 Å². The highest BCUT2D eigenvalue weighted by molar-refractivity contribution is 5.70. The smallest absolute Gasteiger partial charge is 0.306 e. The quantitative estimate of drug-likeness (QED) is 0.842. The van der Waals surface area contributed by atoms with Crippen molar-refractivity contribution in [3.63, 3.8) is 0 Å². The Morgan fingerprint density at radius 1 is 1.59 bits per heavy atom. The Balaban J connectivity index is 2.25. The van der Waals surface area contributed by atoms with Crippen molar-refractivity contribution < 1.29 is 19.7 Å². The fourth-order valence-corrected chi connectivity index (χ4v) is 2.08.